The Kier molecular flexibility index (Phi) is 10.9. The van der Waals surface area contributed by atoms with E-state index in [4.69, 9.17) is 20.6 Å². The summed E-state index contributed by atoms with van der Waals surface area (Å²) in [6, 6.07) is 6.76. The summed E-state index contributed by atoms with van der Waals surface area (Å²) in [6.07, 6.45) is 0. The molecule has 1 heterocycles. The lowest BCUT2D eigenvalue weighted by Crippen LogP contribution is -2.46. The number of nitrogen functional groups attached to an aromatic ring is 1. The van der Waals surface area contributed by atoms with E-state index in [1.165, 1.54) is 7.11 Å². The third kappa shape index (κ3) is 8.07. The van der Waals surface area contributed by atoms with Gasteiger partial charge in [-0.15, -0.1) is 12.4 Å². The third-order valence-corrected chi connectivity index (χ3v) is 3.85. The van der Waals surface area contributed by atoms with E-state index in [0.29, 0.717) is 17.0 Å². The second-order valence-electron chi connectivity index (χ2n) is 6.55. The molecular formula is C19H27ClN6O5. The maximum Gasteiger partial charge on any atom is 0.328 e. The summed E-state index contributed by atoms with van der Waals surface area (Å²) in [5.74, 6) is -0.0310. The summed E-state index contributed by atoms with van der Waals surface area (Å²) in [5.41, 5.74) is 6.57. The van der Waals surface area contributed by atoms with Crippen LogP contribution in [0.25, 0.3) is 0 Å². The molecule has 0 aliphatic carbocycles. The van der Waals surface area contributed by atoms with E-state index in [-0.39, 0.29) is 41.5 Å². The number of nitrogens with zero attached hydrogens (tertiary/aromatic N) is 2. The number of halogens is 1. The monoisotopic (exact) mass is 454 g/mol. The molecule has 1 atom stereocenters. The average molecular weight is 455 g/mol. The number of amidine groups is 1. The Morgan fingerprint density at radius 3 is 2.29 bits per heavy atom. The molecule has 0 aliphatic heterocycles. The predicted molar refractivity (Wildman–Crippen MR) is 118 cm³/mol. The van der Waals surface area contributed by atoms with Gasteiger partial charge in [-0.25, -0.2) is 14.6 Å². The number of nitrogens with one attached hydrogen (secondary N) is 3. The average Bonchev–Trinajstić information content (AvgIpc) is 2.65. The van der Waals surface area contributed by atoms with Crippen molar-refractivity contribution in [3.05, 3.63) is 41.6 Å². The Bertz CT molecular complexity index is 907. The number of carbonyl (C=O) groups excluding carboxylic acids is 2. The number of nitrogens with two attached hydrogens (primary N) is 1. The number of amides is 2. The minimum Gasteiger partial charge on any atom is -0.467 e. The van der Waals surface area contributed by atoms with Gasteiger partial charge in [-0.2, -0.15) is 4.98 Å². The summed E-state index contributed by atoms with van der Waals surface area (Å²) in [6.45, 7) is 5.30. The molecule has 0 aliphatic rings. The van der Waals surface area contributed by atoms with Crippen LogP contribution in [0.2, 0.25) is 0 Å². The summed E-state index contributed by atoms with van der Waals surface area (Å²) in [5, 5.41) is 12.4. The lowest BCUT2D eigenvalue weighted by Gasteiger charge is -2.19. The fourth-order valence-corrected chi connectivity index (χ4v) is 2.37. The van der Waals surface area contributed by atoms with Gasteiger partial charge in [0.05, 0.1) is 7.11 Å². The Labute approximate surface area is 186 Å². The number of esters is 1. The summed E-state index contributed by atoms with van der Waals surface area (Å²) >= 11 is 0. The molecule has 7 N–H and O–H groups in total. The highest BCUT2D eigenvalue weighted by Gasteiger charge is 2.25. The van der Waals surface area contributed by atoms with Crippen LogP contribution in [0.1, 0.15) is 25.1 Å². The first-order valence-electron chi connectivity index (χ1n) is 8.83. The van der Waals surface area contributed by atoms with Gasteiger partial charge in [0.2, 0.25) is 11.8 Å². The van der Waals surface area contributed by atoms with Crippen LogP contribution in [-0.4, -0.2) is 46.4 Å². The van der Waals surface area contributed by atoms with E-state index in [1.54, 1.807) is 51.1 Å². The SMILES string of the molecule is COC(=O)[C@@H](NC(=O)Nc1nc(C)cc(Oc2ccc(C(=N)N)cc2)n1)C(C)C.Cl.O. The van der Waals surface area contributed by atoms with Crippen LogP contribution in [0.5, 0.6) is 11.6 Å². The van der Waals surface area contributed by atoms with Crippen molar-refractivity contribution in [1.29, 1.82) is 5.41 Å². The molecule has 0 unspecified atom stereocenters. The van der Waals surface area contributed by atoms with Gasteiger partial charge in [0.15, 0.2) is 0 Å². The number of anilines is 1. The van der Waals surface area contributed by atoms with E-state index in [9.17, 15) is 9.59 Å². The molecule has 1 aromatic carbocycles. The number of hydrogen-bond donors (Lipinski definition) is 4. The quantitative estimate of drug-likeness (QED) is 0.279. The van der Waals surface area contributed by atoms with Gasteiger partial charge < -0.3 is 26.0 Å². The molecule has 11 nitrogen and oxygen atoms in total. The Morgan fingerprint density at radius 1 is 1.16 bits per heavy atom. The van der Waals surface area contributed by atoms with Gasteiger partial charge in [0, 0.05) is 17.3 Å². The second kappa shape index (κ2) is 12.3. The summed E-state index contributed by atoms with van der Waals surface area (Å²) in [7, 11) is 1.26. The van der Waals surface area contributed by atoms with E-state index < -0.39 is 18.0 Å². The van der Waals surface area contributed by atoms with Crippen molar-refractivity contribution in [2.45, 2.75) is 26.8 Å². The Morgan fingerprint density at radius 2 is 1.77 bits per heavy atom. The van der Waals surface area contributed by atoms with Crippen LogP contribution in [0.4, 0.5) is 10.7 Å². The first kappa shape index (κ1) is 27.6. The largest absolute Gasteiger partial charge is 0.467 e. The molecule has 0 saturated heterocycles. The predicted octanol–water partition coefficient (Wildman–Crippen LogP) is 1.78. The minimum absolute atomic E-state index is 0. The molecule has 0 bridgehead atoms. The lowest BCUT2D eigenvalue weighted by atomic mass is 10.1. The molecule has 12 heteroatoms. The zero-order valence-corrected chi connectivity index (χ0v) is 18.4. The second-order valence-corrected chi connectivity index (χ2v) is 6.55. The number of urea groups is 1. The van der Waals surface area contributed by atoms with E-state index in [2.05, 4.69) is 20.6 Å². The van der Waals surface area contributed by atoms with Crippen LogP contribution >= 0.6 is 12.4 Å². The van der Waals surface area contributed by atoms with Crippen molar-refractivity contribution >= 4 is 36.2 Å². The van der Waals surface area contributed by atoms with Crippen molar-refractivity contribution in [3.8, 4) is 11.6 Å². The number of benzene rings is 1. The number of methoxy groups -OCH3 is 1. The molecule has 0 spiro atoms. The Hall–Kier alpha value is -3.44. The topological polar surface area (TPSA) is 184 Å². The highest BCUT2D eigenvalue weighted by atomic mass is 35.5. The highest BCUT2D eigenvalue weighted by Crippen LogP contribution is 2.21. The third-order valence-electron chi connectivity index (χ3n) is 3.85. The fourth-order valence-electron chi connectivity index (χ4n) is 2.37. The van der Waals surface area contributed by atoms with Crippen molar-refractivity contribution < 1.29 is 24.5 Å². The number of ether oxygens (including phenoxy) is 2. The van der Waals surface area contributed by atoms with Crippen LogP contribution < -0.4 is 21.1 Å². The van der Waals surface area contributed by atoms with E-state index >= 15 is 0 Å². The molecular weight excluding hydrogens is 428 g/mol. The fraction of sp³-hybridized carbons (Fsp3) is 0.316. The maximum atomic E-state index is 12.2. The van der Waals surface area contributed by atoms with Crippen molar-refractivity contribution in [1.82, 2.24) is 15.3 Å². The number of carbonyl (C=O) groups is 2. The van der Waals surface area contributed by atoms with E-state index in [0.717, 1.165) is 0 Å². The van der Waals surface area contributed by atoms with Gasteiger partial charge in [-0.05, 0) is 37.1 Å². The maximum absolute atomic E-state index is 12.2. The van der Waals surface area contributed by atoms with Crippen molar-refractivity contribution in [2.24, 2.45) is 11.7 Å². The van der Waals surface area contributed by atoms with Crippen LogP contribution in [0.3, 0.4) is 0 Å². The molecule has 0 saturated carbocycles. The molecule has 2 rings (SSSR count). The van der Waals surface area contributed by atoms with E-state index in [1.807, 2.05) is 0 Å². The normalized spacial score (nSPS) is 10.7. The molecule has 0 fully saturated rings. The zero-order valence-electron chi connectivity index (χ0n) is 17.6. The number of aromatic nitrogens is 2. The van der Waals surface area contributed by atoms with Crippen LogP contribution in [0, 0.1) is 18.3 Å². The lowest BCUT2D eigenvalue weighted by molar-refractivity contribution is -0.143. The first-order chi connectivity index (χ1) is 13.7. The molecule has 170 valence electrons. The first-order valence-corrected chi connectivity index (χ1v) is 8.83. The molecule has 0 radical (unpaired) electrons. The van der Waals surface area contributed by atoms with Gasteiger partial charge in [-0.1, -0.05) is 13.8 Å². The standard InChI is InChI=1S/C19H24N6O4.ClH.H2O/c1-10(2)15(17(26)28-4)24-19(27)25-18-22-11(3)9-14(23-18)29-13-7-5-12(6-8-13)16(20)21;;/h5-10,15H,1-4H3,(H3,20,21)(H2,22,23,24,25,27);1H;1H2/t15-;;/m0../s1. The van der Waals surface area contributed by atoms with Gasteiger partial charge in [0.1, 0.15) is 17.6 Å². The van der Waals surface area contributed by atoms with Crippen LogP contribution in [-0.2, 0) is 9.53 Å². The zero-order chi connectivity index (χ0) is 21.6. The van der Waals surface area contributed by atoms with Crippen molar-refractivity contribution in [2.75, 3.05) is 12.4 Å². The number of rotatable bonds is 7. The van der Waals surface area contributed by atoms with Crippen molar-refractivity contribution in [3.63, 3.8) is 0 Å². The Balaban J connectivity index is 0.00000450. The minimum atomic E-state index is -0.805. The summed E-state index contributed by atoms with van der Waals surface area (Å²) in [4.78, 5) is 32.3. The van der Waals surface area contributed by atoms with Gasteiger partial charge in [-0.3, -0.25) is 10.7 Å². The smallest absolute Gasteiger partial charge is 0.328 e. The molecule has 1 aromatic heterocycles. The van der Waals surface area contributed by atoms with Gasteiger partial charge in [0.25, 0.3) is 0 Å². The van der Waals surface area contributed by atoms with Crippen LogP contribution in [0.15, 0.2) is 30.3 Å². The molecule has 2 aromatic rings. The highest BCUT2D eigenvalue weighted by molar-refractivity contribution is 5.95. The number of hydrogen-bond acceptors (Lipinski definition) is 7. The molecule has 2 amide bonds. The van der Waals surface area contributed by atoms with Gasteiger partial charge >= 0.3 is 12.0 Å². The summed E-state index contributed by atoms with van der Waals surface area (Å²) < 4.78 is 10.4. The molecule has 31 heavy (non-hydrogen) atoms. The number of aryl methyl sites for hydroxylation is 1.